The molecule has 0 radical (unpaired) electrons. The van der Waals surface area contributed by atoms with Crippen molar-refractivity contribution in [3.05, 3.63) is 33.4 Å². The van der Waals surface area contributed by atoms with Crippen LogP contribution in [0.1, 0.15) is 51.6 Å². The zero-order valence-electron chi connectivity index (χ0n) is 19.0. The summed E-state index contributed by atoms with van der Waals surface area (Å²) in [5, 5.41) is 8.63. The second kappa shape index (κ2) is 11.1. The molecule has 32 heavy (non-hydrogen) atoms. The first-order valence-electron chi connectivity index (χ1n) is 10.6. The van der Waals surface area contributed by atoms with E-state index in [9.17, 15) is 4.79 Å². The molecule has 3 rings (SSSR count). The molecular weight excluding hydrogens is 496 g/mol. The number of esters is 1. The lowest BCUT2D eigenvalue weighted by molar-refractivity contribution is -0.139. The van der Waals surface area contributed by atoms with E-state index in [1.807, 2.05) is 26.0 Å². The Kier molecular flexibility index (Phi) is 8.47. The zero-order chi connectivity index (χ0) is 23.3. The number of nitrogens with zero attached hydrogens (tertiary/aromatic N) is 3. The van der Waals surface area contributed by atoms with Crippen LogP contribution < -0.4 is 14.8 Å². The average molecular weight is 525 g/mol. The van der Waals surface area contributed by atoms with E-state index in [0.29, 0.717) is 45.0 Å². The van der Waals surface area contributed by atoms with Gasteiger partial charge in [0, 0.05) is 11.4 Å². The number of unbranched alkanes of at least 4 members (excludes halogenated alkanes) is 1. The number of anilines is 1. The summed E-state index contributed by atoms with van der Waals surface area (Å²) in [5.74, 6) is 2.27. The fraction of sp³-hybridized carbons (Fsp3) is 0.500. The van der Waals surface area contributed by atoms with Gasteiger partial charge in [0.15, 0.2) is 11.5 Å². The highest BCUT2D eigenvalue weighted by atomic mass is 79.9. The van der Waals surface area contributed by atoms with Crippen molar-refractivity contribution < 1.29 is 19.0 Å². The largest absolute Gasteiger partial charge is 0.493 e. The summed E-state index contributed by atoms with van der Waals surface area (Å²) < 4.78 is 19.0. The molecule has 8 nitrogen and oxygen atoms in total. The van der Waals surface area contributed by atoms with Gasteiger partial charge in [0.2, 0.25) is 11.1 Å². The molecule has 0 amide bonds. The van der Waals surface area contributed by atoms with Gasteiger partial charge in [0.25, 0.3) is 0 Å². The summed E-state index contributed by atoms with van der Waals surface area (Å²) in [5.41, 5.74) is 1.97. The number of fused-ring (bicyclic) bond motifs is 1. The molecule has 0 saturated carbocycles. The minimum Gasteiger partial charge on any atom is -0.493 e. The summed E-state index contributed by atoms with van der Waals surface area (Å²) in [7, 11) is 3.16. The number of carbonyl (C=O) groups is 1. The second-order valence-electron chi connectivity index (χ2n) is 7.30. The molecule has 1 atom stereocenters. The van der Waals surface area contributed by atoms with Crippen LogP contribution in [0.5, 0.6) is 11.5 Å². The summed E-state index contributed by atoms with van der Waals surface area (Å²) >= 11 is 5.17. The number of aromatic nitrogens is 3. The van der Waals surface area contributed by atoms with Gasteiger partial charge in [-0.25, -0.2) is 9.48 Å². The summed E-state index contributed by atoms with van der Waals surface area (Å²) in [6, 6.07) is 3.24. The van der Waals surface area contributed by atoms with Crippen molar-refractivity contribution >= 4 is 39.6 Å². The van der Waals surface area contributed by atoms with Gasteiger partial charge in [-0.05, 0) is 53.4 Å². The highest BCUT2D eigenvalue weighted by Crippen LogP contribution is 2.43. The van der Waals surface area contributed by atoms with Gasteiger partial charge in [-0.15, -0.1) is 5.10 Å². The average Bonchev–Trinajstić information content (AvgIpc) is 3.18. The minimum absolute atomic E-state index is 0.348. The summed E-state index contributed by atoms with van der Waals surface area (Å²) in [6.07, 6.45) is 2.93. The number of hydrogen-bond acceptors (Lipinski definition) is 8. The maximum Gasteiger partial charge on any atom is 0.338 e. The number of thioether (sulfide) groups is 1. The van der Waals surface area contributed by atoms with Crippen LogP contribution in [0.15, 0.2) is 33.0 Å². The van der Waals surface area contributed by atoms with E-state index in [1.54, 1.807) is 30.7 Å². The van der Waals surface area contributed by atoms with E-state index in [4.69, 9.17) is 19.3 Å². The van der Waals surface area contributed by atoms with Crippen LogP contribution in [0.3, 0.4) is 0 Å². The molecule has 0 spiro atoms. The molecule has 1 aromatic heterocycles. The van der Waals surface area contributed by atoms with Crippen molar-refractivity contribution in [2.24, 2.45) is 0 Å². The number of hydrogen-bond donors (Lipinski definition) is 1. The number of methoxy groups -OCH3 is 2. The molecular formula is C22H29BrN4O4S. The van der Waals surface area contributed by atoms with Crippen molar-refractivity contribution in [1.29, 1.82) is 0 Å². The lowest BCUT2D eigenvalue weighted by Gasteiger charge is -2.28. The van der Waals surface area contributed by atoms with Gasteiger partial charge in [-0.1, -0.05) is 32.0 Å². The maximum atomic E-state index is 13.1. The van der Waals surface area contributed by atoms with Crippen molar-refractivity contribution in [3.63, 3.8) is 0 Å². The molecule has 0 aliphatic carbocycles. The Morgan fingerprint density at radius 2 is 2.03 bits per heavy atom. The molecule has 1 N–H and O–H groups in total. The first kappa shape index (κ1) is 24.4. The van der Waals surface area contributed by atoms with Crippen LogP contribution in [0.2, 0.25) is 0 Å². The van der Waals surface area contributed by atoms with Crippen molar-refractivity contribution in [2.75, 3.05) is 31.9 Å². The highest BCUT2D eigenvalue weighted by Gasteiger charge is 2.36. The molecule has 2 aromatic rings. The third-order valence-electron chi connectivity index (χ3n) is 4.99. The van der Waals surface area contributed by atoms with Crippen molar-refractivity contribution in [1.82, 2.24) is 14.8 Å². The lowest BCUT2D eigenvalue weighted by atomic mass is 9.95. The van der Waals surface area contributed by atoms with Crippen LogP contribution >= 0.6 is 27.7 Å². The molecule has 0 saturated heterocycles. The minimum atomic E-state index is -0.528. The fourth-order valence-electron chi connectivity index (χ4n) is 3.44. The number of rotatable bonds is 10. The number of allylic oxidation sites excluding steroid dienone is 1. The summed E-state index contributed by atoms with van der Waals surface area (Å²) in [6.45, 7) is 6.32. The van der Waals surface area contributed by atoms with Gasteiger partial charge < -0.3 is 19.5 Å². The third-order valence-corrected chi connectivity index (χ3v) is 6.50. The van der Waals surface area contributed by atoms with E-state index in [1.165, 1.54) is 0 Å². The molecule has 1 aliphatic rings. The van der Waals surface area contributed by atoms with E-state index in [2.05, 4.69) is 33.2 Å². The zero-order valence-corrected chi connectivity index (χ0v) is 21.4. The Morgan fingerprint density at radius 3 is 2.69 bits per heavy atom. The van der Waals surface area contributed by atoms with E-state index < -0.39 is 6.04 Å². The van der Waals surface area contributed by atoms with Gasteiger partial charge in [0.1, 0.15) is 6.04 Å². The van der Waals surface area contributed by atoms with Crippen LogP contribution in [0.25, 0.3) is 0 Å². The number of ether oxygens (including phenoxy) is 3. The fourth-order valence-corrected chi connectivity index (χ4v) is 4.98. The Labute approximate surface area is 201 Å². The normalized spacial score (nSPS) is 15.2. The predicted molar refractivity (Wildman–Crippen MR) is 129 cm³/mol. The van der Waals surface area contributed by atoms with Crippen LogP contribution in [0, 0.1) is 0 Å². The topological polar surface area (TPSA) is 87.5 Å². The third kappa shape index (κ3) is 5.06. The van der Waals surface area contributed by atoms with Crippen LogP contribution in [-0.2, 0) is 9.53 Å². The van der Waals surface area contributed by atoms with Crippen molar-refractivity contribution in [3.8, 4) is 11.5 Å². The molecule has 0 bridgehead atoms. The molecule has 1 unspecified atom stereocenters. The molecule has 10 heteroatoms. The van der Waals surface area contributed by atoms with E-state index in [0.717, 1.165) is 30.6 Å². The van der Waals surface area contributed by atoms with Crippen LogP contribution in [-0.4, -0.2) is 47.3 Å². The van der Waals surface area contributed by atoms with Gasteiger partial charge in [-0.3, -0.25) is 0 Å². The summed E-state index contributed by atoms with van der Waals surface area (Å²) in [4.78, 5) is 17.7. The first-order chi connectivity index (χ1) is 15.4. The quantitative estimate of drug-likeness (QED) is 0.258. The number of benzene rings is 1. The maximum absolute atomic E-state index is 13.1. The Balaban J connectivity index is 2.12. The van der Waals surface area contributed by atoms with Crippen LogP contribution in [0.4, 0.5) is 5.95 Å². The van der Waals surface area contributed by atoms with Gasteiger partial charge in [0.05, 0.1) is 30.9 Å². The number of nitrogens with one attached hydrogen (secondary N) is 1. The van der Waals surface area contributed by atoms with Gasteiger partial charge in [-0.2, -0.15) is 4.98 Å². The Morgan fingerprint density at radius 1 is 1.25 bits per heavy atom. The molecule has 174 valence electrons. The smallest absolute Gasteiger partial charge is 0.338 e. The Hall–Kier alpha value is -2.20. The molecule has 0 fully saturated rings. The monoisotopic (exact) mass is 524 g/mol. The van der Waals surface area contributed by atoms with Crippen molar-refractivity contribution in [2.45, 2.75) is 51.2 Å². The highest BCUT2D eigenvalue weighted by molar-refractivity contribution is 9.10. The molecule has 2 heterocycles. The predicted octanol–water partition coefficient (Wildman–Crippen LogP) is 5.19. The van der Waals surface area contributed by atoms with E-state index >= 15 is 0 Å². The number of halogens is 1. The Bertz CT molecular complexity index is 1010. The standard InChI is InChI=1S/C22H29BrN4O4S/c1-6-8-10-32-22-25-21-24-13(3)17(20(28)31-9-7-2)18(27(21)26-22)14-11-15(23)19(30-5)16(12-14)29-4/h11-12,18H,6-10H2,1-5H3,(H,24,25,26). The molecule has 1 aliphatic heterocycles. The number of carbonyl (C=O) groups excluding carboxylic acids is 1. The van der Waals surface area contributed by atoms with E-state index in [-0.39, 0.29) is 5.97 Å². The lowest BCUT2D eigenvalue weighted by Crippen LogP contribution is -2.30. The molecule has 1 aromatic carbocycles. The first-order valence-corrected chi connectivity index (χ1v) is 12.4. The van der Waals surface area contributed by atoms with Gasteiger partial charge >= 0.3 is 5.97 Å². The second-order valence-corrected chi connectivity index (χ2v) is 9.22. The SMILES string of the molecule is CCCCSc1nc2n(n1)C(c1cc(Br)c(OC)c(OC)c1)C(C(=O)OCCC)=C(C)N2.